The Morgan fingerprint density at radius 2 is 2.00 bits per heavy atom. The highest BCUT2D eigenvalue weighted by Gasteiger charge is 2.25. The minimum atomic E-state index is -0.675. The molecule has 1 N–H and O–H groups in total. The topological polar surface area (TPSA) is 116 Å². The summed E-state index contributed by atoms with van der Waals surface area (Å²) in [7, 11) is 1.44. The Morgan fingerprint density at radius 3 is 2.57 bits per heavy atom. The van der Waals surface area contributed by atoms with Crippen molar-refractivity contribution >= 4 is 23.3 Å². The molecule has 0 radical (unpaired) electrons. The summed E-state index contributed by atoms with van der Waals surface area (Å²) in [6.45, 7) is 1.97. The molecule has 0 atom stereocenters. The molecule has 9 nitrogen and oxygen atoms in total. The van der Waals surface area contributed by atoms with Gasteiger partial charge in [-0.1, -0.05) is 0 Å². The number of hydrogen-bond acceptors (Lipinski definition) is 6. The molecule has 0 bridgehead atoms. The molecule has 9 heteroatoms. The number of carbonyl (C=O) groups excluding carboxylic acids is 2. The number of hydrogen-bond donors (Lipinski definition) is 1. The third kappa shape index (κ3) is 3.51. The average molecular weight is 318 g/mol. The number of aryl methyl sites for hydroxylation is 1. The molecule has 0 aliphatic carbocycles. The minimum Gasteiger partial charge on any atom is -0.462 e. The van der Waals surface area contributed by atoms with Gasteiger partial charge in [-0.15, -0.1) is 0 Å². The molecule has 1 aromatic heterocycles. The van der Waals surface area contributed by atoms with Crippen LogP contribution in [-0.2, 0) is 11.8 Å². The van der Waals surface area contributed by atoms with E-state index in [4.69, 9.17) is 4.74 Å². The first-order chi connectivity index (χ1) is 10.9. The number of nitrogens with one attached hydrogen (secondary N) is 1. The smallest absolute Gasteiger partial charge is 0.338 e. The van der Waals surface area contributed by atoms with Crippen LogP contribution in [0.5, 0.6) is 0 Å². The van der Waals surface area contributed by atoms with E-state index >= 15 is 0 Å². The van der Waals surface area contributed by atoms with Crippen molar-refractivity contribution < 1.29 is 19.2 Å². The SMILES string of the molecule is CCOC(=O)c1ccc(NC(=O)c2c([N+](=O)[O-])cnn2C)cc1. The molecule has 1 heterocycles. The highest BCUT2D eigenvalue weighted by atomic mass is 16.6. The Labute approximate surface area is 131 Å². The maximum absolute atomic E-state index is 12.2. The van der Waals surface area contributed by atoms with E-state index < -0.39 is 16.8 Å². The second-order valence-electron chi connectivity index (χ2n) is 4.51. The van der Waals surface area contributed by atoms with Gasteiger partial charge in [-0.2, -0.15) is 5.10 Å². The molecule has 0 aliphatic rings. The molecule has 120 valence electrons. The van der Waals surface area contributed by atoms with E-state index in [9.17, 15) is 19.7 Å². The summed E-state index contributed by atoms with van der Waals surface area (Å²) < 4.78 is 5.98. The van der Waals surface area contributed by atoms with Crippen LogP contribution >= 0.6 is 0 Å². The van der Waals surface area contributed by atoms with E-state index in [2.05, 4.69) is 10.4 Å². The van der Waals surface area contributed by atoms with Gasteiger partial charge < -0.3 is 10.1 Å². The van der Waals surface area contributed by atoms with Gasteiger partial charge in [0.2, 0.25) is 5.69 Å². The predicted octanol–water partition coefficient (Wildman–Crippen LogP) is 1.76. The molecular formula is C14H14N4O5. The molecule has 23 heavy (non-hydrogen) atoms. The number of amides is 1. The third-order valence-corrected chi connectivity index (χ3v) is 2.99. The van der Waals surface area contributed by atoms with E-state index in [1.807, 2.05) is 0 Å². The van der Waals surface area contributed by atoms with Crippen molar-refractivity contribution in [2.75, 3.05) is 11.9 Å². The van der Waals surface area contributed by atoms with Crippen LogP contribution in [0, 0.1) is 10.1 Å². The van der Waals surface area contributed by atoms with Crippen LogP contribution in [0.2, 0.25) is 0 Å². The number of esters is 1. The van der Waals surface area contributed by atoms with E-state index in [0.29, 0.717) is 11.3 Å². The fraction of sp³-hybridized carbons (Fsp3) is 0.214. The number of benzene rings is 1. The highest BCUT2D eigenvalue weighted by Crippen LogP contribution is 2.19. The molecule has 0 aliphatic heterocycles. The van der Waals surface area contributed by atoms with E-state index in [0.717, 1.165) is 10.9 Å². The Hall–Kier alpha value is -3.23. The van der Waals surface area contributed by atoms with Crippen molar-refractivity contribution in [1.82, 2.24) is 9.78 Å². The minimum absolute atomic E-state index is 0.163. The second-order valence-corrected chi connectivity index (χ2v) is 4.51. The molecule has 1 amide bonds. The zero-order chi connectivity index (χ0) is 17.0. The summed E-state index contributed by atoms with van der Waals surface area (Å²) in [5.74, 6) is -1.13. The number of anilines is 1. The van der Waals surface area contributed by atoms with E-state index in [1.54, 1.807) is 6.92 Å². The summed E-state index contributed by atoms with van der Waals surface area (Å²) >= 11 is 0. The molecule has 0 fully saturated rings. The predicted molar refractivity (Wildman–Crippen MR) is 80.2 cm³/mol. The van der Waals surface area contributed by atoms with E-state index in [-0.39, 0.29) is 18.0 Å². The number of nitrogens with zero attached hydrogens (tertiary/aromatic N) is 3. The lowest BCUT2D eigenvalue weighted by Gasteiger charge is -2.06. The average Bonchev–Trinajstić information content (AvgIpc) is 2.90. The quantitative estimate of drug-likeness (QED) is 0.510. The summed E-state index contributed by atoms with van der Waals surface area (Å²) in [5, 5.41) is 17.1. The molecule has 2 rings (SSSR count). The van der Waals surface area contributed by atoms with Gasteiger partial charge in [0, 0.05) is 12.7 Å². The fourth-order valence-corrected chi connectivity index (χ4v) is 1.92. The van der Waals surface area contributed by atoms with E-state index in [1.165, 1.54) is 31.3 Å². The maximum Gasteiger partial charge on any atom is 0.338 e. The Morgan fingerprint density at radius 1 is 1.35 bits per heavy atom. The lowest BCUT2D eigenvalue weighted by atomic mass is 10.2. The third-order valence-electron chi connectivity index (χ3n) is 2.99. The molecule has 0 saturated heterocycles. The first kappa shape index (κ1) is 16.1. The summed E-state index contributed by atoms with van der Waals surface area (Å²) in [5.41, 5.74) is 0.188. The Bertz CT molecular complexity index is 751. The number of nitro groups is 1. The normalized spacial score (nSPS) is 10.2. The zero-order valence-electron chi connectivity index (χ0n) is 12.5. The van der Waals surface area contributed by atoms with Crippen LogP contribution < -0.4 is 5.32 Å². The number of rotatable bonds is 5. The lowest BCUT2D eigenvalue weighted by molar-refractivity contribution is -0.385. The highest BCUT2D eigenvalue weighted by molar-refractivity contribution is 6.05. The van der Waals surface area contributed by atoms with Gasteiger partial charge >= 0.3 is 11.7 Å². The molecular weight excluding hydrogens is 304 g/mol. The summed E-state index contributed by atoms with van der Waals surface area (Å²) in [6, 6.07) is 6.00. The van der Waals surface area contributed by atoms with Gasteiger partial charge in [-0.05, 0) is 31.2 Å². The van der Waals surface area contributed by atoms with Crippen LogP contribution in [0.15, 0.2) is 30.5 Å². The number of ether oxygens (including phenoxy) is 1. The van der Waals surface area contributed by atoms with Gasteiger partial charge in [0.25, 0.3) is 5.91 Å². The zero-order valence-corrected chi connectivity index (χ0v) is 12.5. The number of aromatic nitrogens is 2. The lowest BCUT2D eigenvalue weighted by Crippen LogP contribution is -2.17. The standard InChI is InChI=1S/C14H14N4O5/c1-3-23-14(20)9-4-6-10(7-5-9)16-13(19)12-11(18(21)22)8-15-17(12)2/h4-8H,3H2,1-2H3,(H,16,19). The van der Waals surface area contributed by atoms with Crippen LogP contribution in [0.25, 0.3) is 0 Å². The van der Waals surface area contributed by atoms with Gasteiger partial charge in [0.05, 0.1) is 17.1 Å². The van der Waals surface area contributed by atoms with Crippen molar-refractivity contribution in [3.05, 3.63) is 51.8 Å². The van der Waals surface area contributed by atoms with Crippen LogP contribution in [0.1, 0.15) is 27.8 Å². The monoisotopic (exact) mass is 318 g/mol. The Kier molecular flexibility index (Phi) is 4.69. The van der Waals surface area contributed by atoms with Gasteiger partial charge in [0.15, 0.2) is 0 Å². The first-order valence-corrected chi connectivity index (χ1v) is 6.69. The molecule has 0 saturated carbocycles. The fourth-order valence-electron chi connectivity index (χ4n) is 1.92. The van der Waals surface area contributed by atoms with Gasteiger partial charge in [-0.3, -0.25) is 19.6 Å². The summed E-state index contributed by atoms with van der Waals surface area (Å²) in [6.07, 6.45) is 1.01. The van der Waals surface area contributed by atoms with Crippen LogP contribution in [0.3, 0.4) is 0 Å². The first-order valence-electron chi connectivity index (χ1n) is 6.69. The molecule has 2 aromatic rings. The van der Waals surface area contributed by atoms with Crippen LogP contribution in [0.4, 0.5) is 11.4 Å². The van der Waals surface area contributed by atoms with Crippen molar-refractivity contribution in [2.45, 2.75) is 6.92 Å². The molecule has 0 unspecified atom stereocenters. The van der Waals surface area contributed by atoms with Crippen molar-refractivity contribution in [3.8, 4) is 0 Å². The van der Waals surface area contributed by atoms with Crippen molar-refractivity contribution in [1.29, 1.82) is 0 Å². The van der Waals surface area contributed by atoms with Crippen molar-refractivity contribution in [2.24, 2.45) is 7.05 Å². The largest absolute Gasteiger partial charge is 0.462 e. The maximum atomic E-state index is 12.2. The number of carbonyl (C=O) groups is 2. The van der Waals surface area contributed by atoms with Gasteiger partial charge in [-0.25, -0.2) is 4.79 Å². The van der Waals surface area contributed by atoms with Gasteiger partial charge in [0.1, 0.15) is 6.20 Å². The molecule has 0 spiro atoms. The second kappa shape index (κ2) is 6.69. The van der Waals surface area contributed by atoms with Crippen molar-refractivity contribution in [3.63, 3.8) is 0 Å². The summed E-state index contributed by atoms with van der Waals surface area (Å²) in [4.78, 5) is 33.9. The molecule has 1 aromatic carbocycles. The van der Waals surface area contributed by atoms with Crippen LogP contribution in [-0.4, -0.2) is 33.2 Å². The Balaban J connectivity index is 2.16.